The fourth-order valence-corrected chi connectivity index (χ4v) is 1.61. The summed E-state index contributed by atoms with van der Waals surface area (Å²) in [4.78, 5) is 2.37. The lowest BCUT2D eigenvalue weighted by molar-refractivity contribution is 0.627. The SMILES string of the molecule is CC1=CC=CC2C1N2C. The molecule has 1 heteroatoms. The van der Waals surface area contributed by atoms with Gasteiger partial charge < -0.3 is 0 Å². The fraction of sp³-hybridized carbons (Fsp3) is 0.500. The Balaban J connectivity index is 2.28. The van der Waals surface area contributed by atoms with E-state index in [0.29, 0.717) is 0 Å². The Hall–Kier alpha value is -0.560. The van der Waals surface area contributed by atoms with E-state index in [1.807, 2.05) is 0 Å². The number of hydrogen-bond acceptors (Lipinski definition) is 1. The van der Waals surface area contributed by atoms with Crippen molar-refractivity contribution in [1.82, 2.24) is 4.90 Å². The monoisotopic (exact) mass is 121 g/mol. The molecule has 1 fully saturated rings. The summed E-state index contributed by atoms with van der Waals surface area (Å²) in [5, 5.41) is 0. The Morgan fingerprint density at radius 1 is 1.56 bits per heavy atom. The molecule has 0 bridgehead atoms. The zero-order valence-electron chi connectivity index (χ0n) is 5.83. The van der Waals surface area contributed by atoms with Crippen LogP contribution in [0.4, 0.5) is 0 Å². The minimum Gasteiger partial charge on any atom is -0.289 e. The van der Waals surface area contributed by atoms with Crippen LogP contribution in [-0.2, 0) is 0 Å². The third-order valence-electron chi connectivity index (χ3n) is 2.28. The number of likely N-dealkylation sites (N-methyl/N-ethyl adjacent to an activating group) is 1. The van der Waals surface area contributed by atoms with Gasteiger partial charge in [0, 0.05) is 6.04 Å². The van der Waals surface area contributed by atoms with Gasteiger partial charge in [-0.3, -0.25) is 4.90 Å². The predicted molar refractivity (Wildman–Crippen MR) is 38.2 cm³/mol. The van der Waals surface area contributed by atoms with Crippen molar-refractivity contribution in [3.8, 4) is 0 Å². The molecule has 2 rings (SSSR count). The molecule has 48 valence electrons. The lowest BCUT2D eigenvalue weighted by atomic mass is 10.1. The molecule has 0 amide bonds. The van der Waals surface area contributed by atoms with Crippen LogP contribution in [0.15, 0.2) is 23.8 Å². The summed E-state index contributed by atoms with van der Waals surface area (Å²) in [6.07, 6.45) is 6.61. The van der Waals surface area contributed by atoms with Gasteiger partial charge in [-0.25, -0.2) is 0 Å². The third kappa shape index (κ3) is 0.583. The highest BCUT2D eigenvalue weighted by molar-refractivity contribution is 5.35. The number of nitrogens with zero attached hydrogens (tertiary/aromatic N) is 1. The van der Waals surface area contributed by atoms with Gasteiger partial charge in [-0.15, -0.1) is 0 Å². The molecule has 0 N–H and O–H groups in total. The van der Waals surface area contributed by atoms with E-state index in [4.69, 9.17) is 0 Å². The first-order chi connectivity index (χ1) is 4.30. The highest BCUT2D eigenvalue weighted by Crippen LogP contribution is 2.35. The molecule has 1 saturated heterocycles. The molecule has 0 aromatic rings. The first kappa shape index (κ1) is 5.24. The highest BCUT2D eigenvalue weighted by Gasteiger charge is 2.44. The molecule has 9 heavy (non-hydrogen) atoms. The minimum absolute atomic E-state index is 0.731. The van der Waals surface area contributed by atoms with Gasteiger partial charge in [-0.1, -0.05) is 23.8 Å². The van der Waals surface area contributed by atoms with Gasteiger partial charge >= 0.3 is 0 Å². The van der Waals surface area contributed by atoms with Gasteiger partial charge in [0.15, 0.2) is 0 Å². The smallest absolute Gasteiger partial charge is 0.0503 e. The van der Waals surface area contributed by atoms with Crippen LogP contribution in [0.2, 0.25) is 0 Å². The summed E-state index contributed by atoms with van der Waals surface area (Å²) < 4.78 is 0. The fourth-order valence-electron chi connectivity index (χ4n) is 1.61. The molecule has 1 aliphatic heterocycles. The lowest BCUT2D eigenvalue weighted by Gasteiger charge is -1.96. The van der Waals surface area contributed by atoms with Crippen LogP contribution in [0.25, 0.3) is 0 Å². The maximum Gasteiger partial charge on any atom is 0.0503 e. The summed E-state index contributed by atoms with van der Waals surface area (Å²) in [5.41, 5.74) is 1.50. The topological polar surface area (TPSA) is 3.01 Å². The molecule has 3 atom stereocenters. The van der Waals surface area contributed by atoms with E-state index in [-0.39, 0.29) is 0 Å². The van der Waals surface area contributed by atoms with E-state index < -0.39 is 0 Å². The van der Waals surface area contributed by atoms with E-state index in [9.17, 15) is 0 Å². The molecular formula is C8H11N. The lowest BCUT2D eigenvalue weighted by Crippen LogP contribution is -1.96. The van der Waals surface area contributed by atoms with E-state index in [1.54, 1.807) is 0 Å². The van der Waals surface area contributed by atoms with Gasteiger partial charge in [0.2, 0.25) is 0 Å². The summed E-state index contributed by atoms with van der Waals surface area (Å²) >= 11 is 0. The molecule has 0 spiro atoms. The Morgan fingerprint density at radius 2 is 2.33 bits per heavy atom. The van der Waals surface area contributed by atoms with Crippen LogP contribution in [0.1, 0.15) is 6.92 Å². The molecule has 2 aliphatic rings. The van der Waals surface area contributed by atoms with Gasteiger partial charge in [0.25, 0.3) is 0 Å². The second-order valence-electron chi connectivity index (χ2n) is 2.90. The second kappa shape index (κ2) is 1.48. The summed E-state index contributed by atoms with van der Waals surface area (Å²) in [6.45, 7) is 2.20. The Bertz CT molecular complexity index is 191. The average molecular weight is 121 g/mol. The second-order valence-corrected chi connectivity index (χ2v) is 2.90. The first-order valence-corrected chi connectivity index (χ1v) is 3.37. The quantitative estimate of drug-likeness (QED) is 0.435. The van der Waals surface area contributed by atoms with Crippen molar-refractivity contribution in [3.63, 3.8) is 0 Å². The van der Waals surface area contributed by atoms with E-state index >= 15 is 0 Å². The Morgan fingerprint density at radius 3 is 2.89 bits per heavy atom. The maximum atomic E-state index is 2.37. The van der Waals surface area contributed by atoms with Crippen molar-refractivity contribution in [2.75, 3.05) is 7.05 Å². The first-order valence-electron chi connectivity index (χ1n) is 3.37. The van der Waals surface area contributed by atoms with E-state index in [0.717, 1.165) is 12.1 Å². The van der Waals surface area contributed by atoms with Crippen LogP contribution >= 0.6 is 0 Å². The average Bonchev–Trinajstić information content (AvgIpc) is 2.45. The standard InChI is InChI=1S/C8H11N/c1-6-4-3-5-7-8(6)9(7)2/h3-5,7-8H,1-2H3. The molecule has 3 unspecified atom stereocenters. The summed E-state index contributed by atoms with van der Waals surface area (Å²) in [7, 11) is 2.17. The van der Waals surface area contributed by atoms with Crippen LogP contribution < -0.4 is 0 Å². The minimum atomic E-state index is 0.731. The predicted octanol–water partition coefficient (Wildman–Crippen LogP) is 1.19. The van der Waals surface area contributed by atoms with Gasteiger partial charge in [0.05, 0.1) is 6.04 Å². The van der Waals surface area contributed by atoms with Crippen LogP contribution in [-0.4, -0.2) is 24.0 Å². The molecule has 0 aromatic carbocycles. The molecule has 1 aliphatic carbocycles. The number of rotatable bonds is 0. The summed E-state index contributed by atoms with van der Waals surface area (Å²) in [6, 6.07) is 1.48. The Kier molecular flexibility index (Phi) is 0.862. The third-order valence-corrected chi connectivity index (χ3v) is 2.28. The normalized spacial score (nSPS) is 46.0. The molecule has 0 aromatic heterocycles. The van der Waals surface area contributed by atoms with Crippen LogP contribution in [0.3, 0.4) is 0 Å². The van der Waals surface area contributed by atoms with Gasteiger partial charge in [-0.05, 0) is 14.0 Å². The molecule has 0 saturated carbocycles. The molecule has 1 heterocycles. The highest BCUT2D eigenvalue weighted by atomic mass is 15.3. The zero-order valence-corrected chi connectivity index (χ0v) is 5.83. The van der Waals surface area contributed by atoms with Crippen molar-refractivity contribution in [2.24, 2.45) is 0 Å². The molecule has 0 radical (unpaired) electrons. The number of hydrogen-bond donors (Lipinski definition) is 0. The molecule has 1 nitrogen and oxygen atoms in total. The summed E-state index contributed by atoms with van der Waals surface area (Å²) in [5.74, 6) is 0. The van der Waals surface area contributed by atoms with Crippen molar-refractivity contribution < 1.29 is 0 Å². The van der Waals surface area contributed by atoms with Gasteiger partial charge in [-0.2, -0.15) is 0 Å². The zero-order chi connectivity index (χ0) is 6.43. The van der Waals surface area contributed by atoms with Crippen molar-refractivity contribution >= 4 is 0 Å². The molecular weight excluding hydrogens is 110 g/mol. The van der Waals surface area contributed by atoms with Crippen LogP contribution in [0, 0.1) is 0 Å². The van der Waals surface area contributed by atoms with E-state index in [2.05, 4.69) is 37.1 Å². The van der Waals surface area contributed by atoms with Crippen LogP contribution in [0.5, 0.6) is 0 Å². The maximum absolute atomic E-state index is 2.37. The number of allylic oxidation sites excluding steroid dienone is 2. The van der Waals surface area contributed by atoms with Crippen molar-refractivity contribution in [1.29, 1.82) is 0 Å². The van der Waals surface area contributed by atoms with Crippen molar-refractivity contribution in [3.05, 3.63) is 23.8 Å². The van der Waals surface area contributed by atoms with E-state index in [1.165, 1.54) is 5.57 Å². The van der Waals surface area contributed by atoms with Gasteiger partial charge in [0.1, 0.15) is 0 Å². The van der Waals surface area contributed by atoms with Crippen molar-refractivity contribution in [2.45, 2.75) is 19.0 Å². The largest absolute Gasteiger partial charge is 0.289 e. The Labute approximate surface area is 55.7 Å². The number of fused-ring (bicyclic) bond motifs is 1.